The lowest BCUT2D eigenvalue weighted by Gasteiger charge is -2.40. The topological polar surface area (TPSA) is 91.6 Å². The fraction of sp³-hybridized carbons (Fsp3) is 0.500. The third-order valence-corrected chi connectivity index (χ3v) is 6.36. The van der Waals surface area contributed by atoms with Gasteiger partial charge in [-0.25, -0.2) is 9.97 Å². The molecule has 3 heterocycles. The first-order valence-electron chi connectivity index (χ1n) is 12.2. The number of aromatic nitrogens is 4. The van der Waals surface area contributed by atoms with Gasteiger partial charge in [0.2, 0.25) is 0 Å². The van der Waals surface area contributed by atoms with Crippen molar-refractivity contribution in [3.05, 3.63) is 59.7 Å². The summed E-state index contributed by atoms with van der Waals surface area (Å²) in [6.45, 7) is 8.00. The van der Waals surface area contributed by atoms with E-state index in [2.05, 4.69) is 50.4 Å². The largest absolute Gasteiger partial charge is 0.492 e. The summed E-state index contributed by atoms with van der Waals surface area (Å²) in [5.41, 5.74) is 2.52. The van der Waals surface area contributed by atoms with E-state index in [9.17, 15) is 5.11 Å². The molecule has 1 aliphatic rings. The maximum absolute atomic E-state index is 11.2. The van der Waals surface area contributed by atoms with Crippen molar-refractivity contribution in [2.45, 2.75) is 45.4 Å². The number of benzene rings is 1. The molecular formula is C26H37N7O2. The van der Waals surface area contributed by atoms with E-state index < -0.39 is 5.60 Å². The standard InChI is InChI=1S/C26H37N7O2/c1-20-14-21(2)33(30-20)12-13-35-23-8-6-22(7-9-23)16-27-17-26(34)10-5-11-32(18-26)25-15-24(31(3)4)28-19-29-25/h6-9,14-15,19,27,34H,5,10-13,16-18H2,1-4H3. The predicted molar refractivity (Wildman–Crippen MR) is 138 cm³/mol. The Morgan fingerprint density at radius 1 is 1.14 bits per heavy atom. The molecule has 0 saturated carbocycles. The van der Waals surface area contributed by atoms with Crippen LogP contribution in [-0.2, 0) is 13.1 Å². The number of aryl methyl sites for hydroxylation is 2. The SMILES string of the molecule is Cc1cc(C)n(CCOc2ccc(CNCC3(O)CCCN(c4cc(N(C)C)ncn4)C3)cc2)n1. The fourth-order valence-electron chi connectivity index (χ4n) is 4.50. The number of nitrogens with zero attached hydrogens (tertiary/aromatic N) is 6. The molecule has 9 nitrogen and oxygen atoms in total. The van der Waals surface area contributed by atoms with Crippen LogP contribution in [0.3, 0.4) is 0 Å². The molecule has 0 spiro atoms. The lowest BCUT2D eigenvalue weighted by molar-refractivity contribution is 0.0259. The minimum absolute atomic E-state index is 0.524. The van der Waals surface area contributed by atoms with Gasteiger partial charge in [-0.2, -0.15) is 5.10 Å². The average molecular weight is 480 g/mol. The van der Waals surface area contributed by atoms with Gasteiger partial charge >= 0.3 is 0 Å². The smallest absolute Gasteiger partial charge is 0.134 e. The van der Waals surface area contributed by atoms with Gasteiger partial charge in [0.05, 0.1) is 17.8 Å². The normalized spacial score (nSPS) is 18.0. The summed E-state index contributed by atoms with van der Waals surface area (Å²) in [7, 11) is 3.92. The second kappa shape index (κ2) is 11.0. The Morgan fingerprint density at radius 2 is 1.94 bits per heavy atom. The van der Waals surface area contributed by atoms with E-state index in [1.54, 1.807) is 6.33 Å². The third kappa shape index (κ3) is 6.70. The minimum Gasteiger partial charge on any atom is -0.492 e. The highest BCUT2D eigenvalue weighted by atomic mass is 16.5. The van der Waals surface area contributed by atoms with E-state index in [0.717, 1.165) is 60.3 Å². The minimum atomic E-state index is -0.798. The summed E-state index contributed by atoms with van der Waals surface area (Å²) in [6.07, 6.45) is 3.27. The van der Waals surface area contributed by atoms with Gasteiger partial charge in [0, 0.05) is 52.0 Å². The van der Waals surface area contributed by atoms with Gasteiger partial charge in [-0.1, -0.05) is 12.1 Å². The highest BCUT2D eigenvalue weighted by Crippen LogP contribution is 2.26. The molecule has 0 radical (unpaired) electrons. The third-order valence-electron chi connectivity index (χ3n) is 6.36. The van der Waals surface area contributed by atoms with Crippen molar-refractivity contribution < 1.29 is 9.84 Å². The second-order valence-electron chi connectivity index (χ2n) is 9.62. The van der Waals surface area contributed by atoms with Crippen molar-refractivity contribution in [1.82, 2.24) is 25.1 Å². The molecule has 1 aromatic carbocycles. The summed E-state index contributed by atoms with van der Waals surface area (Å²) < 4.78 is 7.85. The van der Waals surface area contributed by atoms with Gasteiger partial charge in [0.1, 0.15) is 30.3 Å². The number of aliphatic hydroxyl groups is 1. The molecule has 0 aliphatic carbocycles. The van der Waals surface area contributed by atoms with Crippen molar-refractivity contribution in [3.63, 3.8) is 0 Å². The zero-order valence-corrected chi connectivity index (χ0v) is 21.2. The molecule has 1 saturated heterocycles. The van der Waals surface area contributed by atoms with Crippen LogP contribution in [0.4, 0.5) is 11.6 Å². The molecule has 2 aromatic heterocycles. The van der Waals surface area contributed by atoms with Crippen LogP contribution in [0, 0.1) is 13.8 Å². The van der Waals surface area contributed by atoms with Crippen molar-refractivity contribution in [1.29, 1.82) is 0 Å². The Labute approximate surface area is 207 Å². The van der Waals surface area contributed by atoms with Crippen LogP contribution in [0.1, 0.15) is 29.8 Å². The summed E-state index contributed by atoms with van der Waals surface area (Å²) in [4.78, 5) is 12.8. The number of anilines is 2. The van der Waals surface area contributed by atoms with Crippen LogP contribution in [0.2, 0.25) is 0 Å². The zero-order chi connectivity index (χ0) is 24.8. The first-order chi connectivity index (χ1) is 16.8. The number of β-amino-alcohol motifs (C(OH)–C–C–N with tert-alkyl or cyclic N) is 1. The van der Waals surface area contributed by atoms with Crippen molar-refractivity contribution in [3.8, 4) is 5.75 Å². The number of hydrogen-bond donors (Lipinski definition) is 2. The number of ether oxygens (including phenoxy) is 1. The van der Waals surface area contributed by atoms with Gasteiger partial charge in [-0.15, -0.1) is 0 Å². The molecule has 4 rings (SSSR count). The van der Waals surface area contributed by atoms with E-state index in [0.29, 0.717) is 26.2 Å². The Hall–Kier alpha value is -3.17. The maximum Gasteiger partial charge on any atom is 0.134 e. The molecule has 1 aliphatic heterocycles. The van der Waals surface area contributed by atoms with Gasteiger partial charge in [-0.3, -0.25) is 4.68 Å². The van der Waals surface area contributed by atoms with Crippen molar-refractivity contribution in [2.75, 3.05) is 50.1 Å². The molecule has 188 valence electrons. The Bertz CT molecular complexity index is 1100. The molecule has 9 heteroatoms. The average Bonchev–Trinajstić information content (AvgIpc) is 3.16. The molecule has 0 bridgehead atoms. The lowest BCUT2D eigenvalue weighted by atomic mass is 9.92. The van der Waals surface area contributed by atoms with Gasteiger partial charge in [-0.05, 0) is 50.5 Å². The number of piperidine rings is 1. The summed E-state index contributed by atoms with van der Waals surface area (Å²) in [5.74, 6) is 2.57. The monoisotopic (exact) mass is 479 g/mol. The van der Waals surface area contributed by atoms with Crippen LogP contribution in [0.5, 0.6) is 5.75 Å². The van der Waals surface area contributed by atoms with E-state index in [-0.39, 0.29) is 0 Å². The van der Waals surface area contributed by atoms with Crippen LogP contribution in [0.25, 0.3) is 0 Å². The molecule has 1 atom stereocenters. The summed E-state index contributed by atoms with van der Waals surface area (Å²) >= 11 is 0. The van der Waals surface area contributed by atoms with E-state index in [4.69, 9.17) is 4.74 Å². The van der Waals surface area contributed by atoms with Crippen molar-refractivity contribution >= 4 is 11.6 Å². The molecule has 2 N–H and O–H groups in total. The fourth-order valence-corrected chi connectivity index (χ4v) is 4.50. The molecule has 3 aromatic rings. The predicted octanol–water partition coefficient (Wildman–Crippen LogP) is 2.56. The molecule has 0 amide bonds. The second-order valence-corrected chi connectivity index (χ2v) is 9.62. The number of rotatable bonds is 10. The Balaban J connectivity index is 1.23. The maximum atomic E-state index is 11.2. The number of hydrogen-bond acceptors (Lipinski definition) is 8. The number of nitrogens with one attached hydrogen (secondary N) is 1. The van der Waals surface area contributed by atoms with Crippen LogP contribution in [-0.4, -0.2) is 70.8 Å². The molecule has 1 fully saturated rings. The first kappa shape index (κ1) is 24.9. The van der Waals surface area contributed by atoms with Crippen LogP contribution in [0.15, 0.2) is 42.7 Å². The van der Waals surface area contributed by atoms with E-state index >= 15 is 0 Å². The highest BCUT2D eigenvalue weighted by Gasteiger charge is 2.33. The van der Waals surface area contributed by atoms with Crippen LogP contribution < -0.4 is 19.9 Å². The first-order valence-corrected chi connectivity index (χ1v) is 12.2. The highest BCUT2D eigenvalue weighted by molar-refractivity contribution is 5.49. The Morgan fingerprint density at radius 3 is 2.66 bits per heavy atom. The van der Waals surface area contributed by atoms with E-state index in [1.807, 2.05) is 48.8 Å². The van der Waals surface area contributed by atoms with Crippen LogP contribution >= 0.6 is 0 Å². The lowest BCUT2D eigenvalue weighted by Crippen LogP contribution is -2.53. The van der Waals surface area contributed by atoms with Crippen molar-refractivity contribution in [2.24, 2.45) is 0 Å². The quantitative estimate of drug-likeness (QED) is 0.459. The molecule has 35 heavy (non-hydrogen) atoms. The summed E-state index contributed by atoms with van der Waals surface area (Å²) in [5, 5.41) is 19.1. The van der Waals surface area contributed by atoms with Gasteiger partial charge < -0.3 is 25.0 Å². The van der Waals surface area contributed by atoms with Gasteiger partial charge in [0.25, 0.3) is 0 Å². The zero-order valence-electron chi connectivity index (χ0n) is 21.2. The Kier molecular flexibility index (Phi) is 7.87. The van der Waals surface area contributed by atoms with Gasteiger partial charge in [0.15, 0.2) is 0 Å². The summed E-state index contributed by atoms with van der Waals surface area (Å²) in [6, 6.07) is 12.2. The van der Waals surface area contributed by atoms with E-state index in [1.165, 1.54) is 0 Å². The molecular weight excluding hydrogens is 442 g/mol. The molecule has 1 unspecified atom stereocenters.